The van der Waals surface area contributed by atoms with Gasteiger partial charge in [-0.1, -0.05) is 0 Å². The quantitative estimate of drug-likeness (QED) is 0.719. The molecule has 0 aromatic carbocycles. The van der Waals surface area contributed by atoms with Crippen LogP contribution in [0.15, 0.2) is 11.6 Å². The lowest BCUT2D eigenvalue weighted by atomic mass is 10.1. The highest BCUT2D eigenvalue weighted by Crippen LogP contribution is 2.12. The third-order valence-corrected chi connectivity index (χ3v) is 1.90. The van der Waals surface area contributed by atoms with Gasteiger partial charge >= 0.3 is 0 Å². The number of anilines is 1. The summed E-state index contributed by atoms with van der Waals surface area (Å²) >= 11 is 1.31. The minimum atomic E-state index is -1.36. The fourth-order valence-corrected chi connectivity index (χ4v) is 1.06. The predicted octanol–water partition coefficient (Wildman–Crippen LogP) is 0.853. The Hall–Kier alpha value is -0.940. The maximum Gasteiger partial charge on any atom is 0.257 e. The van der Waals surface area contributed by atoms with Gasteiger partial charge in [-0.15, -0.1) is 11.3 Å². The summed E-state index contributed by atoms with van der Waals surface area (Å²) in [6.07, 6.45) is 1.59. The van der Waals surface area contributed by atoms with Gasteiger partial charge in [0.05, 0.1) is 0 Å². The van der Waals surface area contributed by atoms with Gasteiger partial charge in [-0.3, -0.25) is 10.1 Å². The van der Waals surface area contributed by atoms with Gasteiger partial charge in [-0.25, -0.2) is 4.98 Å². The van der Waals surface area contributed by atoms with Crippen LogP contribution in [0.25, 0.3) is 0 Å². The number of hydrogen-bond donors (Lipinski definition) is 2. The molecule has 0 fully saturated rings. The van der Waals surface area contributed by atoms with Crippen LogP contribution in [-0.2, 0) is 4.79 Å². The summed E-state index contributed by atoms with van der Waals surface area (Å²) in [4.78, 5) is 15.0. The molecule has 0 atom stereocenters. The first kappa shape index (κ1) is 9.15. The maximum absolute atomic E-state index is 11.1. The van der Waals surface area contributed by atoms with Crippen molar-refractivity contribution in [3.05, 3.63) is 11.6 Å². The first-order valence-corrected chi connectivity index (χ1v) is 4.31. The van der Waals surface area contributed by atoms with Gasteiger partial charge in [-0.05, 0) is 13.8 Å². The third-order valence-electron chi connectivity index (χ3n) is 1.21. The van der Waals surface area contributed by atoms with Crippen LogP contribution in [0.2, 0.25) is 0 Å². The van der Waals surface area contributed by atoms with E-state index >= 15 is 0 Å². The Kier molecular flexibility index (Phi) is 2.44. The number of carbonyl (C=O) groups is 1. The van der Waals surface area contributed by atoms with E-state index in [1.54, 1.807) is 11.6 Å². The van der Waals surface area contributed by atoms with Gasteiger partial charge in [0.2, 0.25) is 0 Å². The summed E-state index contributed by atoms with van der Waals surface area (Å²) in [5.74, 6) is -0.447. The average Bonchev–Trinajstić information content (AvgIpc) is 2.37. The zero-order chi connectivity index (χ0) is 9.19. The molecule has 1 amide bonds. The second-order valence-electron chi connectivity index (χ2n) is 2.85. The van der Waals surface area contributed by atoms with Gasteiger partial charge in [-0.2, -0.15) is 0 Å². The van der Waals surface area contributed by atoms with Crippen molar-refractivity contribution < 1.29 is 9.90 Å². The van der Waals surface area contributed by atoms with Crippen molar-refractivity contribution in [2.24, 2.45) is 0 Å². The third kappa shape index (κ3) is 2.28. The SMILES string of the molecule is CC(C)(O)C(=O)Nc1nccs1. The van der Waals surface area contributed by atoms with Crippen LogP contribution in [0.5, 0.6) is 0 Å². The molecule has 1 aromatic heterocycles. The van der Waals surface area contributed by atoms with Crippen LogP contribution in [-0.4, -0.2) is 21.6 Å². The van der Waals surface area contributed by atoms with Crippen LogP contribution in [0.1, 0.15) is 13.8 Å². The Balaban J connectivity index is 2.60. The van der Waals surface area contributed by atoms with Crippen molar-refractivity contribution >= 4 is 22.4 Å². The highest BCUT2D eigenvalue weighted by molar-refractivity contribution is 7.13. The Labute approximate surface area is 74.3 Å². The van der Waals surface area contributed by atoms with E-state index in [9.17, 15) is 9.90 Å². The van der Waals surface area contributed by atoms with Crippen molar-refractivity contribution in [3.8, 4) is 0 Å². The highest BCUT2D eigenvalue weighted by atomic mass is 32.1. The van der Waals surface area contributed by atoms with Crippen LogP contribution < -0.4 is 5.32 Å². The summed E-state index contributed by atoms with van der Waals surface area (Å²) < 4.78 is 0. The van der Waals surface area contributed by atoms with E-state index in [0.29, 0.717) is 5.13 Å². The second kappa shape index (κ2) is 3.20. The number of nitrogens with one attached hydrogen (secondary N) is 1. The highest BCUT2D eigenvalue weighted by Gasteiger charge is 2.24. The predicted molar refractivity (Wildman–Crippen MR) is 47.0 cm³/mol. The zero-order valence-corrected chi connectivity index (χ0v) is 7.68. The second-order valence-corrected chi connectivity index (χ2v) is 3.74. The van der Waals surface area contributed by atoms with E-state index < -0.39 is 11.5 Å². The number of carbonyl (C=O) groups excluding carboxylic acids is 1. The maximum atomic E-state index is 11.1. The molecule has 0 aliphatic carbocycles. The lowest BCUT2D eigenvalue weighted by Crippen LogP contribution is -2.36. The molecule has 0 spiro atoms. The molecular formula is C7H10N2O2S. The van der Waals surface area contributed by atoms with Gasteiger partial charge in [0.25, 0.3) is 5.91 Å². The van der Waals surface area contributed by atoms with E-state index in [4.69, 9.17) is 0 Å². The molecular weight excluding hydrogens is 176 g/mol. The minimum Gasteiger partial charge on any atom is -0.381 e. The molecule has 2 N–H and O–H groups in total. The molecule has 5 heteroatoms. The lowest BCUT2D eigenvalue weighted by molar-refractivity contribution is -0.130. The van der Waals surface area contributed by atoms with Crippen molar-refractivity contribution in [3.63, 3.8) is 0 Å². The summed E-state index contributed by atoms with van der Waals surface area (Å²) in [7, 11) is 0. The Morgan fingerprint density at radius 1 is 1.75 bits per heavy atom. The average molecular weight is 186 g/mol. The number of hydrogen-bond acceptors (Lipinski definition) is 4. The number of amides is 1. The molecule has 4 nitrogen and oxygen atoms in total. The van der Waals surface area contributed by atoms with Gasteiger partial charge in [0, 0.05) is 11.6 Å². The lowest BCUT2D eigenvalue weighted by Gasteiger charge is -2.14. The van der Waals surface area contributed by atoms with Crippen molar-refractivity contribution in [1.29, 1.82) is 0 Å². The summed E-state index contributed by atoms with van der Waals surface area (Å²) in [6.45, 7) is 2.85. The van der Waals surface area contributed by atoms with Crippen LogP contribution in [0.4, 0.5) is 5.13 Å². The molecule has 0 saturated heterocycles. The topological polar surface area (TPSA) is 62.2 Å². The molecule has 12 heavy (non-hydrogen) atoms. The van der Waals surface area contributed by atoms with Gasteiger partial charge in [0.15, 0.2) is 5.13 Å². The number of thiazole rings is 1. The largest absolute Gasteiger partial charge is 0.381 e. The van der Waals surface area contributed by atoms with E-state index in [1.165, 1.54) is 25.2 Å². The smallest absolute Gasteiger partial charge is 0.257 e. The number of nitrogens with zero attached hydrogens (tertiary/aromatic N) is 1. The van der Waals surface area contributed by atoms with Gasteiger partial charge < -0.3 is 5.11 Å². The van der Waals surface area contributed by atoms with Crippen molar-refractivity contribution in [1.82, 2.24) is 4.98 Å². The number of rotatable bonds is 2. The molecule has 0 bridgehead atoms. The van der Waals surface area contributed by atoms with Crippen molar-refractivity contribution in [2.75, 3.05) is 5.32 Å². The van der Waals surface area contributed by atoms with E-state index in [1.807, 2.05) is 0 Å². The van der Waals surface area contributed by atoms with Crippen molar-refractivity contribution in [2.45, 2.75) is 19.4 Å². The Morgan fingerprint density at radius 3 is 2.83 bits per heavy atom. The standard InChI is InChI=1S/C7H10N2O2S/c1-7(2,11)5(10)9-6-8-3-4-12-6/h3-4,11H,1-2H3,(H,8,9,10). The normalized spacial score (nSPS) is 11.2. The molecule has 66 valence electrons. The van der Waals surface area contributed by atoms with Crippen LogP contribution in [0, 0.1) is 0 Å². The molecule has 0 aliphatic rings. The van der Waals surface area contributed by atoms with E-state index in [-0.39, 0.29) is 0 Å². The molecule has 0 unspecified atom stereocenters. The molecule has 0 aliphatic heterocycles. The minimum absolute atomic E-state index is 0.447. The molecule has 0 saturated carbocycles. The zero-order valence-electron chi connectivity index (χ0n) is 6.87. The first-order valence-electron chi connectivity index (χ1n) is 3.43. The van der Waals surface area contributed by atoms with E-state index in [2.05, 4.69) is 10.3 Å². The number of aromatic nitrogens is 1. The summed E-state index contributed by atoms with van der Waals surface area (Å²) in [5, 5.41) is 14.0. The fourth-order valence-electron chi connectivity index (χ4n) is 0.535. The Morgan fingerprint density at radius 2 is 2.42 bits per heavy atom. The molecule has 1 heterocycles. The summed E-state index contributed by atoms with van der Waals surface area (Å²) in [5.41, 5.74) is -1.36. The molecule has 1 rings (SSSR count). The number of aliphatic hydroxyl groups is 1. The van der Waals surface area contributed by atoms with Crippen LogP contribution in [0.3, 0.4) is 0 Å². The van der Waals surface area contributed by atoms with Gasteiger partial charge in [0.1, 0.15) is 5.60 Å². The Bertz CT molecular complexity index is 263. The molecule has 0 radical (unpaired) electrons. The monoisotopic (exact) mass is 186 g/mol. The first-order chi connectivity index (χ1) is 5.50. The van der Waals surface area contributed by atoms with E-state index in [0.717, 1.165) is 0 Å². The van der Waals surface area contributed by atoms with Crippen LogP contribution >= 0.6 is 11.3 Å². The summed E-state index contributed by atoms with van der Waals surface area (Å²) in [6, 6.07) is 0. The fraction of sp³-hybridized carbons (Fsp3) is 0.429. The molecule has 1 aromatic rings.